The molecule has 130 valence electrons. The zero-order valence-electron chi connectivity index (χ0n) is 13.6. The van der Waals surface area contributed by atoms with Crippen LogP contribution in [0.4, 0.5) is 0 Å². The summed E-state index contributed by atoms with van der Waals surface area (Å²) in [5.74, 6) is -2.42. The van der Waals surface area contributed by atoms with Gasteiger partial charge in [0.25, 0.3) is 0 Å². The largest absolute Gasteiger partial charge is 0.479 e. The Morgan fingerprint density at radius 2 is 1.65 bits per heavy atom. The zero-order valence-corrected chi connectivity index (χ0v) is 13.6. The van der Waals surface area contributed by atoms with Gasteiger partial charge in [-0.3, -0.25) is 9.59 Å². The first-order valence-corrected chi connectivity index (χ1v) is 8.35. The molecule has 3 N–H and O–H groups in total. The number of nitrogens with zero attached hydrogens (tertiary/aromatic N) is 1. The molecule has 0 radical (unpaired) electrons. The van der Waals surface area contributed by atoms with Crippen molar-refractivity contribution >= 4 is 17.8 Å². The monoisotopic (exact) mass is 326 g/mol. The van der Waals surface area contributed by atoms with Gasteiger partial charge in [0.15, 0.2) is 5.60 Å². The van der Waals surface area contributed by atoms with E-state index in [4.69, 9.17) is 5.11 Å². The van der Waals surface area contributed by atoms with E-state index in [1.807, 2.05) is 4.90 Å². The van der Waals surface area contributed by atoms with E-state index in [1.165, 1.54) is 0 Å². The summed E-state index contributed by atoms with van der Waals surface area (Å²) in [4.78, 5) is 37.8. The molecular formula is C16H26N2O5. The molecule has 0 aromatic rings. The number of aliphatic carboxylic acids is 1. The van der Waals surface area contributed by atoms with Crippen molar-refractivity contribution in [1.82, 2.24) is 10.2 Å². The topological polar surface area (TPSA) is 107 Å². The van der Waals surface area contributed by atoms with Crippen LogP contribution in [0, 0.1) is 11.8 Å². The van der Waals surface area contributed by atoms with E-state index in [-0.39, 0.29) is 24.3 Å². The van der Waals surface area contributed by atoms with Gasteiger partial charge in [-0.15, -0.1) is 0 Å². The van der Waals surface area contributed by atoms with Crippen LogP contribution in [-0.4, -0.2) is 58.1 Å². The fourth-order valence-electron chi connectivity index (χ4n) is 3.38. The van der Waals surface area contributed by atoms with Crippen LogP contribution in [0.1, 0.15) is 45.4 Å². The highest BCUT2D eigenvalue weighted by Gasteiger charge is 2.39. The molecule has 7 nitrogen and oxygen atoms in total. The number of carboxylic acids is 1. The van der Waals surface area contributed by atoms with Crippen molar-refractivity contribution in [3.05, 3.63) is 0 Å². The maximum atomic E-state index is 12.6. The van der Waals surface area contributed by atoms with Gasteiger partial charge < -0.3 is 20.4 Å². The Hall–Kier alpha value is -1.63. The average Bonchev–Trinajstić information content (AvgIpc) is 3.06. The van der Waals surface area contributed by atoms with Gasteiger partial charge in [0, 0.05) is 24.9 Å². The summed E-state index contributed by atoms with van der Waals surface area (Å²) in [5, 5.41) is 21.1. The first-order valence-electron chi connectivity index (χ1n) is 8.35. The Kier molecular flexibility index (Phi) is 5.62. The molecule has 23 heavy (non-hydrogen) atoms. The fraction of sp³-hybridized carbons (Fsp3) is 0.812. The third-order valence-corrected chi connectivity index (χ3v) is 4.91. The summed E-state index contributed by atoms with van der Waals surface area (Å²) in [6, 6.07) is 0. The van der Waals surface area contributed by atoms with Gasteiger partial charge in [0.1, 0.15) is 0 Å². The van der Waals surface area contributed by atoms with E-state index in [9.17, 15) is 19.5 Å². The number of carbonyl (C=O) groups is 3. The minimum absolute atomic E-state index is 0.0485. The van der Waals surface area contributed by atoms with E-state index in [0.29, 0.717) is 12.8 Å². The maximum Gasteiger partial charge on any atom is 0.337 e. The summed E-state index contributed by atoms with van der Waals surface area (Å²) >= 11 is 0. The molecule has 3 unspecified atom stereocenters. The van der Waals surface area contributed by atoms with Crippen LogP contribution in [0.25, 0.3) is 0 Å². The van der Waals surface area contributed by atoms with Crippen LogP contribution < -0.4 is 5.32 Å². The molecule has 2 rings (SSSR count). The molecule has 0 aromatic heterocycles. The van der Waals surface area contributed by atoms with Crippen LogP contribution in [0.2, 0.25) is 0 Å². The Balaban J connectivity index is 1.98. The summed E-state index contributed by atoms with van der Waals surface area (Å²) in [6.45, 7) is 2.31. The molecule has 0 bridgehead atoms. The molecule has 1 aliphatic carbocycles. The van der Waals surface area contributed by atoms with Gasteiger partial charge in [-0.1, -0.05) is 12.8 Å². The number of aliphatic hydroxyl groups is 1. The van der Waals surface area contributed by atoms with Crippen molar-refractivity contribution in [2.24, 2.45) is 11.8 Å². The molecule has 2 amide bonds. The summed E-state index contributed by atoms with van der Waals surface area (Å²) in [7, 11) is 0. The minimum atomic E-state index is -2.00. The summed E-state index contributed by atoms with van der Waals surface area (Å²) in [5.41, 5.74) is -2.00. The van der Waals surface area contributed by atoms with Crippen LogP contribution in [0.5, 0.6) is 0 Å². The second-order valence-corrected chi connectivity index (χ2v) is 6.83. The number of rotatable bonds is 5. The van der Waals surface area contributed by atoms with Crippen molar-refractivity contribution in [3.8, 4) is 0 Å². The molecular weight excluding hydrogens is 300 g/mol. The van der Waals surface area contributed by atoms with E-state index in [2.05, 4.69) is 5.32 Å². The molecule has 0 spiro atoms. The highest BCUT2D eigenvalue weighted by Crippen LogP contribution is 2.32. The highest BCUT2D eigenvalue weighted by atomic mass is 16.4. The predicted octanol–water partition coefficient (Wildman–Crippen LogP) is 0.367. The van der Waals surface area contributed by atoms with Gasteiger partial charge in [-0.25, -0.2) is 4.79 Å². The standard InChI is InChI=1S/C16H26N2O5/c1-16(23,15(21)22)10-17-13(19)11-6-2-3-7-12(11)14(20)18-8-4-5-9-18/h11-12,23H,2-10H2,1H3,(H,17,19)(H,21,22). The van der Waals surface area contributed by atoms with E-state index in [1.54, 1.807) is 0 Å². The Labute approximate surface area is 136 Å². The number of carbonyl (C=O) groups excluding carboxylic acids is 2. The lowest BCUT2D eigenvalue weighted by Gasteiger charge is -2.33. The Bertz CT molecular complexity index is 471. The van der Waals surface area contributed by atoms with Gasteiger partial charge in [0.05, 0.1) is 6.54 Å². The summed E-state index contributed by atoms with van der Waals surface area (Å²) < 4.78 is 0. The lowest BCUT2D eigenvalue weighted by Crippen LogP contribution is -2.50. The number of amides is 2. The molecule has 7 heteroatoms. The second-order valence-electron chi connectivity index (χ2n) is 6.83. The van der Waals surface area contributed by atoms with Crippen LogP contribution in [-0.2, 0) is 14.4 Å². The summed E-state index contributed by atoms with van der Waals surface area (Å²) in [6.07, 6.45) is 5.17. The lowest BCUT2D eigenvalue weighted by molar-refractivity contribution is -0.156. The van der Waals surface area contributed by atoms with Crippen molar-refractivity contribution in [1.29, 1.82) is 0 Å². The Morgan fingerprint density at radius 3 is 2.22 bits per heavy atom. The van der Waals surface area contributed by atoms with Crippen LogP contribution in [0.15, 0.2) is 0 Å². The number of likely N-dealkylation sites (tertiary alicyclic amines) is 1. The van der Waals surface area contributed by atoms with E-state index in [0.717, 1.165) is 45.7 Å². The second kappa shape index (κ2) is 7.29. The van der Waals surface area contributed by atoms with Crippen molar-refractivity contribution < 1.29 is 24.6 Å². The quantitative estimate of drug-likeness (QED) is 0.676. The van der Waals surface area contributed by atoms with Gasteiger partial charge >= 0.3 is 5.97 Å². The third-order valence-electron chi connectivity index (χ3n) is 4.91. The van der Waals surface area contributed by atoms with Crippen LogP contribution >= 0.6 is 0 Å². The highest BCUT2D eigenvalue weighted by molar-refractivity contribution is 5.88. The SMILES string of the molecule is CC(O)(CNC(=O)C1CCCCC1C(=O)N1CCCC1)C(=O)O. The normalized spacial score (nSPS) is 27.3. The first kappa shape index (κ1) is 17.7. The minimum Gasteiger partial charge on any atom is -0.479 e. The first-order chi connectivity index (χ1) is 10.8. The molecule has 1 aliphatic heterocycles. The lowest BCUT2D eigenvalue weighted by atomic mass is 9.77. The van der Waals surface area contributed by atoms with Crippen molar-refractivity contribution in [3.63, 3.8) is 0 Å². The third kappa shape index (κ3) is 4.22. The molecule has 0 aromatic carbocycles. The molecule has 1 saturated carbocycles. The smallest absolute Gasteiger partial charge is 0.337 e. The van der Waals surface area contributed by atoms with Gasteiger partial charge in [0.2, 0.25) is 11.8 Å². The molecule has 1 saturated heterocycles. The maximum absolute atomic E-state index is 12.6. The van der Waals surface area contributed by atoms with Crippen molar-refractivity contribution in [2.75, 3.05) is 19.6 Å². The molecule has 3 atom stereocenters. The van der Waals surface area contributed by atoms with Gasteiger partial charge in [-0.05, 0) is 32.6 Å². The number of nitrogens with one attached hydrogen (secondary N) is 1. The molecule has 2 fully saturated rings. The number of hydrogen-bond acceptors (Lipinski definition) is 4. The zero-order chi connectivity index (χ0) is 17.0. The van der Waals surface area contributed by atoms with E-state index >= 15 is 0 Å². The van der Waals surface area contributed by atoms with E-state index < -0.39 is 17.5 Å². The molecule has 2 aliphatic rings. The van der Waals surface area contributed by atoms with Gasteiger partial charge in [-0.2, -0.15) is 0 Å². The predicted molar refractivity (Wildman–Crippen MR) is 82.5 cm³/mol. The fourth-order valence-corrected chi connectivity index (χ4v) is 3.38. The average molecular weight is 326 g/mol. The number of hydrogen-bond donors (Lipinski definition) is 3. The van der Waals surface area contributed by atoms with Crippen LogP contribution in [0.3, 0.4) is 0 Å². The van der Waals surface area contributed by atoms with Crippen molar-refractivity contribution in [2.45, 2.75) is 51.0 Å². The Morgan fingerprint density at radius 1 is 1.09 bits per heavy atom. The number of carboxylic acid groups (broad SMARTS) is 1. The molecule has 1 heterocycles.